The number of rotatable bonds is 3. The van der Waals surface area contributed by atoms with Crippen molar-refractivity contribution < 1.29 is 18.3 Å². The first kappa shape index (κ1) is 13.3. The van der Waals surface area contributed by atoms with Gasteiger partial charge in [0.15, 0.2) is 11.6 Å². The van der Waals surface area contributed by atoms with Crippen molar-refractivity contribution in [3.8, 4) is 5.75 Å². The predicted molar refractivity (Wildman–Crippen MR) is 69.9 cm³/mol. The molecule has 1 aliphatic heterocycles. The van der Waals surface area contributed by atoms with Gasteiger partial charge >= 0.3 is 0 Å². The number of hydrogen-bond donors (Lipinski definition) is 1. The molecular weight excluding hydrogens is 264 g/mol. The Morgan fingerprint density at radius 3 is 2.85 bits per heavy atom. The summed E-state index contributed by atoms with van der Waals surface area (Å²) in [7, 11) is 1.60. The minimum absolute atomic E-state index is 0.0195. The van der Waals surface area contributed by atoms with Gasteiger partial charge in [0.2, 0.25) is 11.7 Å². The number of amides is 1. The van der Waals surface area contributed by atoms with Gasteiger partial charge in [-0.3, -0.25) is 4.79 Å². The molecule has 1 aromatic rings. The fraction of sp³-hybridized carbons (Fsp3) is 0.533. The van der Waals surface area contributed by atoms with Crippen molar-refractivity contribution in [3.05, 3.63) is 28.3 Å². The Balaban J connectivity index is 1.95. The molecule has 1 aromatic carbocycles. The van der Waals surface area contributed by atoms with Gasteiger partial charge in [-0.1, -0.05) is 0 Å². The molecule has 0 saturated carbocycles. The van der Waals surface area contributed by atoms with Crippen LogP contribution in [0, 0.1) is 11.6 Å². The molecule has 0 saturated heterocycles. The summed E-state index contributed by atoms with van der Waals surface area (Å²) in [5.74, 6) is -1.40. The summed E-state index contributed by atoms with van der Waals surface area (Å²) >= 11 is 0. The Morgan fingerprint density at radius 2 is 2.10 bits per heavy atom. The van der Waals surface area contributed by atoms with Crippen molar-refractivity contribution >= 4 is 5.91 Å². The van der Waals surface area contributed by atoms with Crippen LogP contribution >= 0.6 is 0 Å². The molecular formula is C15H17F2NO2. The van der Waals surface area contributed by atoms with E-state index >= 15 is 0 Å². The van der Waals surface area contributed by atoms with Crippen LogP contribution in [0.2, 0.25) is 0 Å². The lowest BCUT2D eigenvalue weighted by Crippen LogP contribution is -2.18. The molecule has 0 unspecified atom stereocenters. The standard InChI is InChI=1S/C15H17F2NO2/c1-18-11(19)5-3-8-2-4-9-12(8)10-6-7-20-15(10)14(17)13(9)16/h8H,2-7H2,1H3,(H,18,19)/t8-/m1/s1. The maximum Gasteiger partial charge on any atom is 0.219 e. The third-order valence-corrected chi connectivity index (χ3v) is 4.33. The zero-order valence-corrected chi connectivity index (χ0v) is 11.4. The summed E-state index contributed by atoms with van der Waals surface area (Å²) in [4.78, 5) is 11.4. The lowest BCUT2D eigenvalue weighted by molar-refractivity contribution is -0.120. The van der Waals surface area contributed by atoms with Gasteiger partial charge in [0.1, 0.15) is 0 Å². The second kappa shape index (κ2) is 5.04. The zero-order chi connectivity index (χ0) is 14.3. The average molecular weight is 281 g/mol. The molecule has 1 amide bonds. The third-order valence-electron chi connectivity index (χ3n) is 4.33. The van der Waals surface area contributed by atoms with E-state index in [9.17, 15) is 13.6 Å². The molecule has 0 fully saturated rings. The number of carbonyl (C=O) groups is 1. The van der Waals surface area contributed by atoms with E-state index in [1.54, 1.807) is 7.05 Å². The Bertz CT molecular complexity index is 572. The van der Waals surface area contributed by atoms with Crippen molar-refractivity contribution in [1.82, 2.24) is 5.32 Å². The highest BCUT2D eigenvalue weighted by Crippen LogP contribution is 2.46. The molecule has 1 N–H and O–H groups in total. The summed E-state index contributed by atoms with van der Waals surface area (Å²) in [6.45, 7) is 0.407. The summed E-state index contributed by atoms with van der Waals surface area (Å²) in [6, 6.07) is 0. The maximum absolute atomic E-state index is 14.1. The molecule has 3 nitrogen and oxygen atoms in total. The Kier molecular flexibility index (Phi) is 3.36. The molecule has 0 spiro atoms. The van der Waals surface area contributed by atoms with E-state index in [0.717, 1.165) is 17.5 Å². The van der Waals surface area contributed by atoms with Gasteiger partial charge in [-0.2, -0.15) is 4.39 Å². The van der Waals surface area contributed by atoms with Crippen LogP contribution in [0.4, 0.5) is 8.78 Å². The normalized spacial score (nSPS) is 19.4. The van der Waals surface area contributed by atoms with Crippen molar-refractivity contribution in [2.75, 3.05) is 13.7 Å². The SMILES string of the molecule is CNC(=O)CC[C@H]1CCc2c(F)c(F)c3c(c21)CCO3. The summed E-state index contributed by atoms with van der Waals surface area (Å²) in [5.41, 5.74) is 2.22. The van der Waals surface area contributed by atoms with Crippen LogP contribution in [0.25, 0.3) is 0 Å². The van der Waals surface area contributed by atoms with E-state index in [1.165, 1.54) is 0 Å². The lowest BCUT2D eigenvalue weighted by atomic mass is 9.90. The number of benzene rings is 1. The molecule has 0 aromatic heterocycles. The minimum atomic E-state index is -0.844. The molecule has 2 aliphatic rings. The number of ether oxygens (including phenoxy) is 1. The largest absolute Gasteiger partial charge is 0.490 e. The topological polar surface area (TPSA) is 38.3 Å². The van der Waals surface area contributed by atoms with Gasteiger partial charge in [0, 0.05) is 25.5 Å². The fourth-order valence-electron chi connectivity index (χ4n) is 3.36. The van der Waals surface area contributed by atoms with Gasteiger partial charge in [-0.25, -0.2) is 4.39 Å². The van der Waals surface area contributed by atoms with Gasteiger partial charge in [-0.05, 0) is 36.3 Å². The van der Waals surface area contributed by atoms with Crippen LogP contribution in [-0.2, 0) is 17.6 Å². The van der Waals surface area contributed by atoms with Crippen molar-refractivity contribution in [1.29, 1.82) is 0 Å². The molecule has 3 rings (SSSR count). The fourth-order valence-corrected chi connectivity index (χ4v) is 3.36. The summed E-state index contributed by atoms with van der Waals surface area (Å²) < 4.78 is 33.2. The molecule has 0 bridgehead atoms. The first-order chi connectivity index (χ1) is 9.63. The summed E-state index contributed by atoms with van der Waals surface area (Å²) in [6.07, 6.45) is 3.04. The first-order valence-corrected chi connectivity index (χ1v) is 6.99. The number of fused-ring (bicyclic) bond motifs is 3. The van der Waals surface area contributed by atoms with Crippen LogP contribution in [-0.4, -0.2) is 19.6 Å². The summed E-state index contributed by atoms with van der Waals surface area (Å²) in [5, 5.41) is 2.59. The quantitative estimate of drug-likeness (QED) is 0.924. The molecule has 108 valence electrons. The van der Waals surface area contributed by atoms with Crippen molar-refractivity contribution in [2.45, 2.75) is 38.0 Å². The van der Waals surface area contributed by atoms with Crippen LogP contribution in [0.3, 0.4) is 0 Å². The van der Waals surface area contributed by atoms with E-state index in [-0.39, 0.29) is 17.6 Å². The number of halogens is 2. The number of hydrogen-bond acceptors (Lipinski definition) is 2. The van der Waals surface area contributed by atoms with Crippen molar-refractivity contribution in [2.24, 2.45) is 0 Å². The van der Waals surface area contributed by atoms with Crippen molar-refractivity contribution in [3.63, 3.8) is 0 Å². The van der Waals surface area contributed by atoms with E-state index in [2.05, 4.69) is 5.32 Å². The monoisotopic (exact) mass is 281 g/mol. The number of nitrogens with one attached hydrogen (secondary N) is 1. The average Bonchev–Trinajstić information content (AvgIpc) is 3.08. The molecule has 1 aliphatic carbocycles. The highest BCUT2D eigenvalue weighted by molar-refractivity contribution is 5.75. The smallest absolute Gasteiger partial charge is 0.219 e. The molecule has 20 heavy (non-hydrogen) atoms. The highest BCUT2D eigenvalue weighted by atomic mass is 19.2. The Morgan fingerprint density at radius 1 is 1.30 bits per heavy atom. The van der Waals surface area contributed by atoms with E-state index in [0.29, 0.717) is 37.9 Å². The molecule has 1 atom stereocenters. The van der Waals surface area contributed by atoms with Gasteiger partial charge < -0.3 is 10.1 Å². The van der Waals surface area contributed by atoms with Gasteiger partial charge in [0.05, 0.1) is 6.61 Å². The van der Waals surface area contributed by atoms with Crippen LogP contribution < -0.4 is 10.1 Å². The van der Waals surface area contributed by atoms with E-state index in [1.807, 2.05) is 0 Å². The minimum Gasteiger partial charge on any atom is -0.490 e. The predicted octanol–water partition coefficient (Wildman–Crippen LogP) is 2.46. The molecule has 0 radical (unpaired) electrons. The van der Waals surface area contributed by atoms with Crippen LogP contribution in [0.1, 0.15) is 41.9 Å². The maximum atomic E-state index is 14.1. The number of carbonyl (C=O) groups excluding carboxylic acids is 1. The van der Waals surface area contributed by atoms with Crippen LogP contribution in [0.15, 0.2) is 0 Å². The van der Waals surface area contributed by atoms with Gasteiger partial charge in [0.25, 0.3) is 0 Å². The van der Waals surface area contributed by atoms with Gasteiger partial charge in [-0.15, -0.1) is 0 Å². The Hall–Kier alpha value is -1.65. The molecule has 1 heterocycles. The van der Waals surface area contributed by atoms with Crippen LogP contribution in [0.5, 0.6) is 5.75 Å². The van der Waals surface area contributed by atoms with E-state index in [4.69, 9.17) is 4.74 Å². The third kappa shape index (κ3) is 1.96. The second-order valence-corrected chi connectivity index (χ2v) is 5.37. The first-order valence-electron chi connectivity index (χ1n) is 6.99. The highest BCUT2D eigenvalue weighted by Gasteiger charge is 2.35. The Labute approximate surface area is 116 Å². The zero-order valence-electron chi connectivity index (χ0n) is 11.4. The van der Waals surface area contributed by atoms with E-state index < -0.39 is 11.6 Å². The molecule has 5 heteroatoms. The second-order valence-electron chi connectivity index (χ2n) is 5.37. The lowest BCUT2D eigenvalue weighted by Gasteiger charge is -2.15.